The largest absolute Gasteiger partial charge is 0.481 e. The number of carboxylic acid groups (broad SMARTS) is 1. The number of amides is 2. The number of fused-ring (bicyclic) bond motifs is 1. The van der Waals surface area contributed by atoms with E-state index in [9.17, 15) is 9.59 Å². The molecule has 2 rings (SSSR count). The third-order valence-corrected chi connectivity index (χ3v) is 3.55. The number of carbonyl (C=O) groups is 2. The Balaban J connectivity index is 2.15. The molecular weight excluding hydrogens is 256 g/mol. The highest BCUT2D eigenvalue weighted by Crippen LogP contribution is 2.28. The number of hydrogen-bond acceptors (Lipinski definition) is 2. The number of benzene rings is 1. The summed E-state index contributed by atoms with van der Waals surface area (Å²) in [6, 6.07) is 7.73. The fraction of sp³-hybridized carbons (Fsp3) is 0.467. The molecule has 0 bridgehead atoms. The minimum absolute atomic E-state index is 0.0189. The average molecular weight is 276 g/mol. The van der Waals surface area contributed by atoms with Gasteiger partial charge in [0.1, 0.15) is 0 Å². The Morgan fingerprint density at radius 2 is 2.05 bits per heavy atom. The first kappa shape index (κ1) is 14.4. The quantitative estimate of drug-likeness (QED) is 0.918. The van der Waals surface area contributed by atoms with Crippen LogP contribution in [0.5, 0.6) is 0 Å². The monoisotopic (exact) mass is 276 g/mol. The van der Waals surface area contributed by atoms with Gasteiger partial charge in [0.05, 0.1) is 6.42 Å². The molecule has 1 aliphatic heterocycles. The topological polar surface area (TPSA) is 60.9 Å². The molecule has 0 aliphatic carbocycles. The van der Waals surface area contributed by atoms with Crippen LogP contribution in [0.4, 0.5) is 10.5 Å². The van der Waals surface area contributed by atoms with E-state index in [2.05, 4.69) is 0 Å². The molecule has 108 valence electrons. The summed E-state index contributed by atoms with van der Waals surface area (Å²) >= 11 is 0. The molecule has 0 spiro atoms. The highest BCUT2D eigenvalue weighted by Gasteiger charge is 2.29. The molecule has 1 heterocycles. The standard InChI is InChI=1S/C15H20N2O3/c1-11(2)16(10-8-14(18)19)15(20)17-9-7-12-5-3-4-6-13(12)17/h3-6,11H,7-10H2,1-2H3,(H,18,19). The van der Waals surface area contributed by atoms with Crippen molar-refractivity contribution in [2.45, 2.75) is 32.7 Å². The van der Waals surface area contributed by atoms with E-state index >= 15 is 0 Å². The minimum Gasteiger partial charge on any atom is -0.481 e. The molecule has 1 aliphatic rings. The first-order valence-electron chi connectivity index (χ1n) is 6.88. The molecular formula is C15H20N2O3. The zero-order valence-corrected chi connectivity index (χ0v) is 11.9. The van der Waals surface area contributed by atoms with Gasteiger partial charge in [0.25, 0.3) is 0 Å². The van der Waals surface area contributed by atoms with Crippen molar-refractivity contribution in [3.8, 4) is 0 Å². The second-order valence-corrected chi connectivity index (χ2v) is 5.24. The Hall–Kier alpha value is -2.04. The highest BCUT2D eigenvalue weighted by atomic mass is 16.4. The lowest BCUT2D eigenvalue weighted by molar-refractivity contribution is -0.137. The van der Waals surface area contributed by atoms with E-state index in [1.54, 1.807) is 9.80 Å². The molecule has 1 N–H and O–H groups in total. The number of para-hydroxylation sites is 1. The fourth-order valence-corrected chi connectivity index (χ4v) is 2.48. The van der Waals surface area contributed by atoms with Crippen LogP contribution >= 0.6 is 0 Å². The number of nitrogens with zero attached hydrogens (tertiary/aromatic N) is 2. The molecule has 0 fully saturated rings. The summed E-state index contributed by atoms with van der Waals surface area (Å²) in [5.74, 6) is -0.884. The third-order valence-electron chi connectivity index (χ3n) is 3.55. The Kier molecular flexibility index (Phi) is 4.27. The smallest absolute Gasteiger partial charge is 0.324 e. The summed E-state index contributed by atoms with van der Waals surface area (Å²) < 4.78 is 0. The van der Waals surface area contributed by atoms with Gasteiger partial charge in [-0.2, -0.15) is 0 Å². The van der Waals surface area contributed by atoms with Crippen molar-refractivity contribution < 1.29 is 14.7 Å². The van der Waals surface area contributed by atoms with Crippen molar-refractivity contribution in [2.75, 3.05) is 18.0 Å². The van der Waals surface area contributed by atoms with Gasteiger partial charge >= 0.3 is 12.0 Å². The number of rotatable bonds is 4. The van der Waals surface area contributed by atoms with Crippen LogP contribution in [0.3, 0.4) is 0 Å². The lowest BCUT2D eigenvalue weighted by Crippen LogP contribution is -2.46. The highest BCUT2D eigenvalue weighted by molar-refractivity contribution is 5.94. The Labute approximate surface area is 118 Å². The molecule has 0 unspecified atom stereocenters. The lowest BCUT2D eigenvalue weighted by Gasteiger charge is -2.31. The molecule has 0 aromatic heterocycles. The molecule has 0 atom stereocenters. The van der Waals surface area contributed by atoms with Crippen molar-refractivity contribution >= 4 is 17.7 Å². The van der Waals surface area contributed by atoms with Gasteiger partial charge in [0.2, 0.25) is 0 Å². The van der Waals surface area contributed by atoms with Gasteiger partial charge in [-0.15, -0.1) is 0 Å². The summed E-state index contributed by atoms with van der Waals surface area (Å²) in [5, 5.41) is 8.80. The van der Waals surface area contributed by atoms with E-state index < -0.39 is 5.97 Å². The van der Waals surface area contributed by atoms with Crippen molar-refractivity contribution in [1.29, 1.82) is 0 Å². The van der Waals surface area contributed by atoms with Crippen molar-refractivity contribution in [2.24, 2.45) is 0 Å². The number of hydrogen-bond donors (Lipinski definition) is 1. The molecule has 5 nitrogen and oxygen atoms in total. The van der Waals surface area contributed by atoms with Gasteiger partial charge in [0.15, 0.2) is 0 Å². The van der Waals surface area contributed by atoms with Crippen molar-refractivity contribution in [3.05, 3.63) is 29.8 Å². The first-order chi connectivity index (χ1) is 9.50. The average Bonchev–Trinajstić information content (AvgIpc) is 2.81. The van der Waals surface area contributed by atoms with Crippen molar-refractivity contribution in [1.82, 2.24) is 4.90 Å². The lowest BCUT2D eigenvalue weighted by atomic mass is 10.2. The maximum absolute atomic E-state index is 12.6. The Morgan fingerprint density at radius 3 is 2.70 bits per heavy atom. The van der Waals surface area contributed by atoms with Crippen molar-refractivity contribution in [3.63, 3.8) is 0 Å². The van der Waals surface area contributed by atoms with E-state index in [4.69, 9.17) is 5.11 Å². The predicted molar refractivity (Wildman–Crippen MR) is 77.0 cm³/mol. The molecule has 0 saturated heterocycles. The third kappa shape index (κ3) is 2.92. The zero-order chi connectivity index (χ0) is 14.7. The van der Waals surface area contributed by atoms with Crippen LogP contribution in [0.1, 0.15) is 25.8 Å². The van der Waals surface area contributed by atoms with Gasteiger partial charge in [0, 0.05) is 24.8 Å². The zero-order valence-electron chi connectivity index (χ0n) is 11.9. The van der Waals surface area contributed by atoms with E-state index in [1.165, 1.54) is 5.56 Å². The Morgan fingerprint density at radius 1 is 1.35 bits per heavy atom. The minimum atomic E-state index is -0.884. The predicted octanol–water partition coefficient (Wildman–Crippen LogP) is 2.35. The molecule has 1 aromatic carbocycles. The van der Waals surface area contributed by atoms with Gasteiger partial charge in [-0.3, -0.25) is 9.69 Å². The Bertz CT molecular complexity index is 514. The number of urea groups is 1. The summed E-state index contributed by atoms with van der Waals surface area (Å²) in [5.41, 5.74) is 2.11. The van der Waals surface area contributed by atoms with E-state index in [0.717, 1.165) is 12.1 Å². The molecule has 0 saturated carbocycles. The fourth-order valence-electron chi connectivity index (χ4n) is 2.48. The van der Waals surface area contributed by atoms with E-state index in [1.807, 2.05) is 38.1 Å². The van der Waals surface area contributed by atoms with Gasteiger partial charge in [-0.25, -0.2) is 4.79 Å². The number of carboxylic acids is 1. The van der Waals surface area contributed by atoms with Gasteiger partial charge < -0.3 is 10.0 Å². The molecule has 5 heteroatoms. The molecule has 20 heavy (non-hydrogen) atoms. The molecule has 2 amide bonds. The van der Waals surface area contributed by atoms with E-state index in [0.29, 0.717) is 6.54 Å². The van der Waals surface area contributed by atoms with E-state index in [-0.39, 0.29) is 25.0 Å². The van der Waals surface area contributed by atoms with Crippen LogP contribution in [0.15, 0.2) is 24.3 Å². The molecule has 1 aromatic rings. The van der Waals surface area contributed by atoms with Crippen LogP contribution in [-0.4, -0.2) is 41.1 Å². The van der Waals surface area contributed by atoms with Gasteiger partial charge in [-0.1, -0.05) is 18.2 Å². The number of aliphatic carboxylic acids is 1. The van der Waals surface area contributed by atoms with Crippen LogP contribution in [0.25, 0.3) is 0 Å². The SMILES string of the molecule is CC(C)N(CCC(=O)O)C(=O)N1CCc2ccccc21. The first-order valence-corrected chi connectivity index (χ1v) is 6.88. The summed E-state index contributed by atoms with van der Waals surface area (Å²) in [7, 11) is 0. The second kappa shape index (κ2) is 5.94. The molecule has 0 radical (unpaired) electrons. The number of anilines is 1. The summed E-state index contributed by atoms with van der Waals surface area (Å²) in [6.07, 6.45) is 0.826. The van der Waals surface area contributed by atoms with Crippen LogP contribution in [-0.2, 0) is 11.2 Å². The normalized spacial score (nSPS) is 13.4. The summed E-state index contributed by atoms with van der Waals surface area (Å²) in [4.78, 5) is 26.7. The second-order valence-electron chi connectivity index (χ2n) is 5.24. The number of carbonyl (C=O) groups excluding carboxylic acids is 1. The van der Waals surface area contributed by atoms with Gasteiger partial charge in [-0.05, 0) is 31.9 Å². The maximum atomic E-state index is 12.6. The van der Waals surface area contributed by atoms with Crippen LogP contribution in [0.2, 0.25) is 0 Å². The summed E-state index contributed by atoms with van der Waals surface area (Å²) in [6.45, 7) is 4.71. The van der Waals surface area contributed by atoms with Crippen LogP contribution < -0.4 is 4.90 Å². The maximum Gasteiger partial charge on any atom is 0.324 e. The van der Waals surface area contributed by atoms with Crippen LogP contribution in [0, 0.1) is 0 Å².